The summed E-state index contributed by atoms with van der Waals surface area (Å²) in [5.41, 5.74) is 1.95. The van der Waals surface area contributed by atoms with Gasteiger partial charge in [0.05, 0.1) is 25.7 Å². The molecular formula is C19H21N3O2S. The third-order valence-corrected chi connectivity index (χ3v) is 4.62. The molecule has 0 radical (unpaired) electrons. The summed E-state index contributed by atoms with van der Waals surface area (Å²) in [5, 5.41) is 4.71. The van der Waals surface area contributed by atoms with Gasteiger partial charge in [-0.25, -0.2) is 9.67 Å². The summed E-state index contributed by atoms with van der Waals surface area (Å²) in [6.45, 7) is 2.13. The van der Waals surface area contributed by atoms with Gasteiger partial charge >= 0.3 is 0 Å². The van der Waals surface area contributed by atoms with Crippen molar-refractivity contribution in [3.63, 3.8) is 0 Å². The summed E-state index contributed by atoms with van der Waals surface area (Å²) in [6.07, 6.45) is 0. The first-order valence-corrected chi connectivity index (χ1v) is 9.23. The summed E-state index contributed by atoms with van der Waals surface area (Å²) < 4.78 is 12.4. The predicted octanol–water partition coefficient (Wildman–Crippen LogP) is 4.20. The first-order chi connectivity index (χ1) is 12.2. The van der Waals surface area contributed by atoms with Crippen molar-refractivity contribution in [2.45, 2.75) is 12.7 Å². The van der Waals surface area contributed by atoms with Crippen LogP contribution in [-0.2, 0) is 5.75 Å². The molecule has 0 bridgehead atoms. The van der Waals surface area contributed by atoms with Gasteiger partial charge in [0.25, 0.3) is 0 Å². The zero-order valence-electron chi connectivity index (χ0n) is 14.6. The Morgan fingerprint density at radius 3 is 2.08 bits per heavy atom. The maximum Gasteiger partial charge on any atom is 0.163 e. The Bertz CT molecular complexity index is 749. The highest BCUT2D eigenvalue weighted by atomic mass is 32.2. The lowest BCUT2D eigenvalue weighted by Crippen LogP contribution is -2.00. The molecule has 0 atom stereocenters. The van der Waals surface area contributed by atoms with E-state index in [1.807, 2.05) is 65.0 Å². The van der Waals surface area contributed by atoms with Crippen LogP contribution in [0.25, 0.3) is 17.1 Å². The van der Waals surface area contributed by atoms with Gasteiger partial charge in [0, 0.05) is 5.56 Å². The van der Waals surface area contributed by atoms with Gasteiger partial charge in [0.1, 0.15) is 11.5 Å². The van der Waals surface area contributed by atoms with Crippen molar-refractivity contribution < 1.29 is 9.47 Å². The maximum atomic E-state index is 5.24. The fraction of sp³-hybridized carbons (Fsp3) is 0.263. The predicted molar refractivity (Wildman–Crippen MR) is 102 cm³/mol. The van der Waals surface area contributed by atoms with Crippen LogP contribution in [0.15, 0.2) is 48.5 Å². The quantitative estimate of drug-likeness (QED) is 0.635. The van der Waals surface area contributed by atoms with E-state index in [-0.39, 0.29) is 0 Å². The van der Waals surface area contributed by atoms with Crippen molar-refractivity contribution in [1.29, 1.82) is 0 Å². The molecule has 1 aromatic heterocycles. The first kappa shape index (κ1) is 17.4. The van der Waals surface area contributed by atoms with Crippen molar-refractivity contribution in [2.75, 3.05) is 20.0 Å². The molecule has 6 heteroatoms. The SMILES string of the molecule is CCSCc1nc(-c2ccc(OC)cc2)n(-c2ccc(OC)cc2)n1. The molecule has 0 amide bonds. The summed E-state index contributed by atoms with van der Waals surface area (Å²) in [4.78, 5) is 4.75. The van der Waals surface area contributed by atoms with Crippen LogP contribution in [0.5, 0.6) is 11.5 Å². The fourth-order valence-electron chi connectivity index (χ4n) is 2.44. The van der Waals surface area contributed by atoms with E-state index in [1.165, 1.54) is 0 Å². The van der Waals surface area contributed by atoms with Crippen molar-refractivity contribution in [2.24, 2.45) is 0 Å². The maximum absolute atomic E-state index is 5.24. The lowest BCUT2D eigenvalue weighted by molar-refractivity contribution is 0.414. The normalized spacial score (nSPS) is 10.7. The third-order valence-electron chi connectivity index (χ3n) is 3.75. The van der Waals surface area contributed by atoms with Crippen molar-refractivity contribution in [3.8, 4) is 28.6 Å². The number of hydrogen-bond acceptors (Lipinski definition) is 5. The zero-order valence-corrected chi connectivity index (χ0v) is 15.4. The Kier molecular flexibility index (Phi) is 5.60. The first-order valence-electron chi connectivity index (χ1n) is 8.07. The van der Waals surface area contributed by atoms with Crippen LogP contribution in [0.2, 0.25) is 0 Å². The lowest BCUT2D eigenvalue weighted by atomic mass is 10.2. The summed E-state index contributed by atoms with van der Waals surface area (Å²) in [6, 6.07) is 15.7. The van der Waals surface area contributed by atoms with Gasteiger partial charge in [-0.05, 0) is 54.3 Å². The van der Waals surface area contributed by atoms with Crippen molar-refractivity contribution in [3.05, 3.63) is 54.4 Å². The van der Waals surface area contributed by atoms with E-state index in [2.05, 4.69) is 6.92 Å². The van der Waals surface area contributed by atoms with Crippen LogP contribution in [0, 0.1) is 0 Å². The van der Waals surface area contributed by atoms with Crippen LogP contribution in [0.1, 0.15) is 12.7 Å². The molecule has 25 heavy (non-hydrogen) atoms. The number of methoxy groups -OCH3 is 2. The second kappa shape index (κ2) is 8.07. The molecule has 1 heterocycles. The van der Waals surface area contributed by atoms with Crippen LogP contribution in [0.4, 0.5) is 0 Å². The number of nitrogens with zero attached hydrogens (tertiary/aromatic N) is 3. The van der Waals surface area contributed by atoms with E-state index in [1.54, 1.807) is 14.2 Å². The van der Waals surface area contributed by atoms with Gasteiger partial charge in [-0.1, -0.05) is 6.92 Å². The molecule has 0 fully saturated rings. The number of benzene rings is 2. The fourth-order valence-corrected chi connectivity index (χ4v) is 2.95. The number of ether oxygens (including phenoxy) is 2. The van der Waals surface area contributed by atoms with Gasteiger partial charge in [0.2, 0.25) is 0 Å². The second-order valence-electron chi connectivity index (χ2n) is 5.33. The van der Waals surface area contributed by atoms with Crippen LogP contribution < -0.4 is 9.47 Å². The van der Waals surface area contributed by atoms with Crippen LogP contribution >= 0.6 is 11.8 Å². The standard InChI is InChI=1S/C19H21N3O2S/c1-4-25-13-18-20-19(14-5-9-16(23-2)10-6-14)22(21-18)15-7-11-17(24-3)12-8-15/h5-12H,4,13H2,1-3H3. The smallest absolute Gasteiger partial charge is 0.163 e. The summed E-state index contributed by atoms with van der Waals surface area (Å²) in [5.74, 6) is 5.11. The van der Waals surface area contributed by atoms with Crippen LogP contribution in [-0.4, -0.2) is 34.7 Å². The molecule has 0 aliphatic carbocycles. The largest absolute Gasteiger partial charge is 0.497 e. The van der Waals surface area contributed by atoms with E-state index in [4.69, 9.17) is 19.6 Å². The second-order valence-corrected chi connectivity index (χ2v) is 6.60. The molecule has 0 unspecified atom stereocenters. The third kappa shape index (κ3) is 3.96. The number of aromatic nitrogens is 3. The minimum Gasteiger partial charge on any atom is -0.497 e. The van der Waals surface area contributed by atoms with E-state index < -0.39 is 0 Å². The van der Waals surface area contributed by atoms with Crippen molar-refractivity contribution >= 4 is 11.8 Å². The minimum atomic E-state index is 0.794. The molecule has 0 aliphatic rings. The van der Waals surface area contributed by atoms with Gasteiger partial charge in [-0.15, -0.1) is 5.10 Å². The molecule has 130 valence electrons. The molecule has 0 saturated carbocycles. The Morgan fingerprint density at radius 1 is 0.920 bits per heavy atom. The summed E-state index contributed by atoms with van der Waals surface area (Å²) in [7, 11) is 3.32. The van der Waals surface area contributed by atoms with Gasteiger partial charge in [0.15, 0.2) is 11.6 Å². The number of hydrogen-bond donors (Lipinski definition) is 0. The number of rotatable bonds is 7. The van der Waals surface area contributed by atoms with Crippen LogP contribution in [0.3, 0.4) is 0 Å². The van der Waals surface area contributed by atoms with Crippen molar-refractivity contribution in [1.82, 2.24) is 14.8 Å². The van der Waals surface area contributed by atoms with E-state index in [0.717, 1.165) is 45.9 Å². The van der Waals surface area contributed by atoms with E-state index >= 15 is 0 Å². The Hall–Kier alpha value is -2.47. The molecule has 5 nitrogen and oxygen atoms in total. The van der Waals surface area contributed by atoms with E-state index in [9.17, 15) is 0 Å². The molecule has 2 aromatic carbocycles. The lowest BCUT2D eigenvalue weighted by Gasteiger charge is -2.07. The molecule has 0 N–H and O–H groups in total. The molecule has 3 aromatic rings. The van der Waals surface area contributed by atoms with Gasteiger partial charge in [-0.3, -0.25) is 0 Å². The molecular weight excluding hydrogens is 334 g/mol. The molecule has 0 aliphatic heterocycles. The Morgan fingerprint density at radius 2 is 1.52 bits per heavy atom. The van der Waals surface area contributed by atoms with Gasteiger partial charge < -0.3 is 9.47 Å². The monoisotopic (exact) mass is 355 g/mol. The Labute approximate surface area is 152 Å². The number of thioether (sulfide) groups is 1. The minimum absolute atomic E-state index is 0.794. The summed E-state index contributed by atoms with van der Waals surface area (Å²) >= 11 is 1.81. The topological polar surface area (TPSA) is 49.2 Å². The average Bonchev–Trinajstić information content (AvgIpc) is 3.10. The average molecular weight is 355 g/mol. The molecule has 0 saturated heterocycles. The van der Waals surface area contributed by atoms with E-state index in [0.29, 0.717) is 0 Å². The zero-order chi connectivity index (χ0) is 17.6. The highest BCUT2D eigenvalue weighted by molar-refractivity contribution is 7.98. The highest BCUT2D eigenvalue weighted by Gasteiger charge is 2.14. The molecule has 0 spiro atoms. The highest BCUT2D eigenvalue weighted by Crippen LogP contribution is 2.25. The Balaban J connectivity index is 2.02. The molecule has 3 rings (SSSR count). The van der Waals surface area contributed by atoms with Gasteiger partial charge in [-0.2, -0.15) is 11.8 Å².